The number of rotatable bonds is 3. The second-order valence-corrected chi connectivity index (χ2v) is 9.70. The van der Waals surface area contributed by atoms with Crippen LogP contribution in [0.2, 0.25) is 0 Å². The predicted molar refractivity (Wildman–Crippen MR) is 99.1 cm³/mol. The number of hydrogen-bond acceptors (Lipinski definition) is 3. The smallest absolute Gasteiger partial charge is 0.225 e. The minimum atomic E-state index is -0.618. The quantitative estimate of drug-likeness (QED) is 0.812. The Hall–Kier alpha value is -1.33. The SMILES string of the molecule is CC(C)(C)c1c(NC(=O)CC2CC[C@@H]3[C@H]2C3(Cl)Cl)nn2cccnc12. The summed E-state index contributed by atoms with van der Waals surface area (Å²) in [5, 5.41) is 7.52. The highest BCUT2D eigenvalue weighted by Gasteiger charge is 2.68. The van der Waals surface area contributed by atoms with Crippen LogP contribution in [0.1, 0.15) is 45.6 Å². The van der Waals surface area contributed by atoms with Crippen LogP contribution in [0.25, 0.3) is 5.65 Å². The van der Waals surface area contributed by atoms with Gasteiger partial charge in [0.1, 0.15) is 4.33 Å². The number of nitrogens with zero attached hydrogens (tertiary/aromatic N) is 3. The van der Waals surface area contributed by atoms with E-state index in [-0.39, 0.29) is 23.2 Å². The van der Waals surface area contributed by atoms with Crippen molar-refractivity contribution in [1.29, 1.82) is 0 Å². The van der Waals surface area contributed by atoms with Crippen molar-refractivity contribution in [3.8, 4) is 0 Å². The Morgan fingerprint density at radius 1 is 1.40 bits per heavy atom. The number of carbonyl (C=O) groups excluding carboxylic acids is 1. The van der Waals surface area contributed by atoms with Crippen LogP contribution >= 0.6 is 23.2 Å². The van der Waals surface area contributed by atoms with Crippen molar-refractivity contribution in [2.45, 2.75) is 49.8 Å². The number of fused-ring (bicyclic) bond motifs is 2. The minimum absolute atomic E-state index is 0.0319. The Bertz CT molecular complexity index is 839. The second kappa shape index (κ2) is 5.58. The Kier molecular flexibility index (Phi) is 3.82. The van der Waals surface area contributed by atoms with E-state index in [1.165, 1.54) is 0 Å². The summed E-state index contributed by atoms with van der Waals surface area (Å²) in [5.41, 5.74) is 1.53. The molecule has 1 amide bonds. The van der Waals surface area contributed by atoms with Gasteiger partial charge in [-0.15, -0.1) is 28.3 Å². The molecular formula is C18H22Cl2N4O. The molecule has 25 heavy (non-hydrogen) atoms. The number of anilines is 1. The summed E-state index contributed by atoms with van der Waals surface area (Å²) in [7, 11) is 0. The van der Waals surface area contributed by atoms with E-state index >= 15 is 0 Å². The third-order valence-electron chi connectivity index (χ3n) is 5.47. The first-order chi connectivity index (χ1) is 11.7. The summed E-state index contributed by atoms with van der Waals surface area (Å²) in [6.45, 7) is 6.28. The number of carbonyl (C=O) groups is 1. The molecular weight excluding hydrogens is 359 g/mol. The van der Waals surface area contributed by atoms with Gasteiger partial charge in [-0.2, -0.15) is 0 Å². The first-order valence-corrected chi connectivity index (χ1v) is 9.46. The maximum Gasteiger partial charge on any atom is 0.225 e. The van der Waals surface area contributed by atoms with Crippen molar-refractivity contribution in [3.63, 3.8) is 0 Å². The van der Waals surface area contributed by atoms with Gasteiger partial charge in [0, 0.05) is 30.3 Å². The molecule has 2 aliphatic carbocycles. The lowest BCUT2D eigenvalue weighted by Gasteiger charge is -2.19. The molecule has 2 aliphatic rings. The van der Waals surface area contributed by atoms with Gasteiger partial charge < -0.3 is 5.32 Å². The maximum atomic E-state index is 12.6. The van der Waals surface area contributed by atoms with E-state index < -0.39 is 4.33 Å². The van der Waals surface area contributed by atoms with Crippen LogP contribution in [-0.4, -0.2) is 24.8 Å². The minimum Gasteiger partial charge on any atom is -0.309 e. The van der Waals surface area contributed by atoms with Gasteiger partial charge in [-0.05, 0) is 36.2 Å². The zero-order valence-corrected chi connectivity index (χ0v) is 16.1. The number of alkyl halides is 2. The Morgan fingerprint density at radius 3 is 2.80 bits per heavy atom. The van der Waals surface area contributed by atoms with Gasteiger partial charge in [0.2, 0.25) is 5.91 Å². The predicted octanol–water partition coefficient (Wildman–Crippen LogP) is 4.19. The Labute approximate surface area is 157 Å². The molecule has 3 atom stereocenters. The Balaban J connectivity index is 1.55. The highest BCUT2D eigenvalue weighted by Crippen LogP contribution is 2.69. The molecule has 5 nitrogen and oxygen atoms in total. The molecule has 7 heteroatoms. The summed E-state index contributed by atoms with van der Waals surface area (Å²) in [6.07, 6.45) is 6.05. The number of aromatic nitrogens is 3. The largest absolute Gasteiger partial charge is 0.309 e. The van der Waals surface area contributed by atoms with E-state index in [4.69, 9.17) is 23.2 Å². The van der Waals surface area contributed by atoms with Crippen molar-refractivity contribution < 1.29 is 4.79 Å². The summed E-state index contributed by atoms with van der Waals surface area (Å²) in [6, 6.07) is 1.82. The molecule has 2 fully saturated rings. The van der Waals surface area contributed by atoms with Crippen LogP contribution in [-0.2, 0) is 10.2 Å². The first-order valence-electron chi connectivity index (χ1n) is 8.71. The van der Waals surface area contributed by atoms with Crippen molar-refractivity contribution >= 4 is 40.6 Å². The van der Waals surface area contributed by atoms with Gasteiger partial charge in [0.25, 0.3) is 0 Å². The van der Waals surface area contributed by atoms with Gasteiger partial charge in [-0.3, -0.25) is 4.79 Å². The lowest BCUT2D eigenvalue weighted by Crippen LogP contribution is -2.21. The highest BCUT2D eigenvalue weighted by molar-refractivity contribution is 6.51. The van der Waals surface area contributed by atoms with E-state index in [1.807, 2.05) is 12.3 Å². The van der Waals surface area contributed by atoms with Crippen molar-refractivity contribution in [3.05, 3.63) is 24.0 Å². The van der Waals surface area contributed by atoms with Gasteiger partial charge in [-0.25, -0.2) is 9.50 Å². The molecule has 0 bridgehead atoms. The van der Waals surface area contributed by atoms with Gasteiger partial charge in [-0.1, -0.05) is 20.8 Å². The molecule has 1 N–H and O–H groups in total. The number of amides is 1. The van der Waals surface area contributed by atoms with Crippen molar-refractivity contribution in [1.82, 2.24) is 14.6 Å². The number of halogens is 2. The summed E-state index contributed by atoms with van der Waals surface area (Å²) < 4.78 is 1.10. The molecule has 134 valence electrons. The number of hydrogen-bond donors (Lipinski definition) is 1. The van der Waals surface area contributed by atoms with E-state index in [0.29, 0.717) is 18.2 Å². The first kappa shape index (κ1) is 17.1. The maximum absolute atomic E-state index is 12.6. The van der Waals surface area contributed by atoms with Crippen LogP contribution in [0.3, 0.4) is 0 Å². The zero-order chi connectivity index (χ0) is 18.0. The van der Waals surface area contributed by atoms with Crippen LogP contribution in [0.5, 0.6) is 0 Å². The van der Waals surface area contributed by atoms with Gasteiger partial charge in [0.15, 0.2) is 11.5 Å². The monoisotopic (exact) mass is 380 g/mol. The molecule has 2 aromatic heterocycles. The molecule has 1 unspecified atom stereocenters. The molecule has 0 aromatic carbocycles. The second-order valence-electron chi connectivity index (χ2n) is 8.26. The van der Waals surface area contributed by atoms with Crippen LogP contribution < -0.4 is 5.32 Å². The number of nitrogens with one attached hydrogen (secondary N) is 1. The standard InChI is InChI=1S/C18H22Cl2N4O/c1-17(2,3)14-15(23-24-8-4-7-21-16(14)24)22-12(25)9-10-5-6-11-13(10)18(11,19)20/h4,7-8,10-11,13H,5-6,9H2,1-3H3,(H,22,23,25)/t10?,11-,13+/m1/s1. The third-order valence-corrected chi connectivity index (χ3v) is 6.53. The fourth-order valence-electron chi connectivity index (χ4n) is 4.32. The molecule has 0 spiro atoms. The molecule has 2 saturated carbocycles. The normalized spacial score (nSPS) is 27.3. The molecule has 0 aliphatic heterocycles. The van der Waals surface area contributed by atoms with E-state index in [1.54, 1.807) is 10.7 Å². The average Bonchev–Trinajstić information content (AvgIpc) is 2.85. The fraction of sp³-hybridized carbons (Fsp3) is 0.611. The van der Waals surface area contributed by atoms with Crippen LogP contribution in [0.4, 0.5) is 5.82 Å². The fourth-order valence-corrected chi connectivity index (χ4v) is 5.34. The van der Waals surface area contributed by atoms with Crippen LogP contribution in [0, 0.1) is 17.8 Å². The van der Waals surface area contributed by atoms with Crippen molar-refractivity contribution in [2.24, 2.45) is 17.8 Å². The molecule has 0 saturated heterocycles. The van der Waals surface area contributed by atoms with Gasteiger partial charge in [0.05, 0.1) is 0 Å². The molecule has 0 radical (unpaired) electrons. The van der Waals surface area contributed by atoms with Gasteiger partial charge >= 0.3 is 0 Å². The highest BCUT2D eigenvalue weighted by atomic mass is 35.5. The molecule has 2 heterocycles. The lowest BCUT2D eigenvalue weighted by molar-refractivity contribution is -0.117. The lowest BCUT2D eigenvalue weighted by atomic mass is 9.88. The summed E-state index contributed by atoms with van der Waals surface area (Å²) in [5.74, 6) is 1.43. The van der Waals surface area contributed by atoms with Crippen LogP contribution in [0.15, 0.2) is 18.5 Å². The van der Waals surface area contributed by atoms with E-state index in [9.17, 15) is 4.79 Å². The summed E-state index contributed by atoms with van der Waals surface area (Å²) in [4.78, 5) is 17.1. The molecule has 2 aromatic rings. The van der Waals surface area contributed by atoms with E-state index in [0.717, 1.165) is 24.1 Å². The Morgan fingerprint density at radius 2 is 2.16 bits per heavy atom. The van der Waals surface area contributed by atoms with E-state index in [2.05, 4.69) is 36.2 Å². The topological polar surface area (TPSA) is 59.3 Å². The molecule has 4 rings (SSSR count). The van der Waals surface area contributed by atoms with Crippen molar-refractivity contribution in [2.75, 3.05) is 5.32 Å². The summed E-state index contributed by atoms with van der Waals surface area (Å²) >= 11 is 12.6. The zero-order valence-electron chi connectivity index (χ0n) is 14.6. The third kappa shape index (κ3) is 2.81. The average molecular weight is 381 g/mol.